The fourth-order valence-electron chi connectivity index (χ4n) is 2.87. The maximum atomic E-state index is 11.7. The molecule has 0 aromatic rings. The van der Waals surface area contributed by atoms with E-state index in [1.807, 2.05) is 0 Å². The third-order valence-corrected chi connectivity index (χ3v) is 9.45. The highest BCUT2D eigenvalue weighted by Gasteiger charge is 2.70. The number of aliphatic imine (C=N–C) groups is 1. The van der Waals surface area contributed by atoms with E-state index < -0.39 is 31.4 Å². The third kappa shape index (κ3) is 1.95. The Morgan fingerprint density at radius 3 is 2.22 bits per heavy atom. The molecule has 3 atom stereocenters. The number of hydrogen-bond donors (Lipinski definition) is 5. The standard InChI is InChI=1S/C8H15NO6P2S/c10-16(11,12)8(17(13,14)15)4-5-2-1-3-9-6(5)7(8)18/h3,5-7,18H,1-2,4H2,(H2,10,11,12)(H2,13,14,15). The maximum Gasteiger partial charge on any atom is 0.344 e. The van der Waals surface area contributed by atoms with Crippen LogP contribution in [0.3, 0.4) is 0 Å². The van der Waals surface area contributed by atoms with E-state index in [0.29, 0.717) is 12.8 Å². The molecule has 2 rings (SSSR count). The first kappa shape index (κ1) is 14.7. The number of rotatable bonds is 2. The van der Waals surface area contributed by atoms with Crippen LogP contribution in [0.15, 0.2) is 4.99 Å². The van der Waals surface area contributed by atoms with Crippen molar-refractivity contribution in [2.75, 3.05) is 0 Å². The first-order chi connectivity index (χ1) is 8.11. The predicted molar refractivity (Wildman–Crippen MR) is 69.2 cm³/mol. The fraction of sp³-hybridized carbons (Fsp3) is 0.875. The minimum absolute atomic E-state index is 0.238. The maximum absolute atomic E-state index is 11.7. The van der Waals surface area contributed by atoms with E-state index >= 15 is 0 Å². The lowest BCUT2D eigenvalue weighted by Crippen LogP contribution is -2.38. The Bertz CT molecular complexity index is 448. The van der Waals surface area contributed by atoms with E-state index in [4.69, 9.17) is 0 Å². The van der Waals surface area contributed by atoms with Gasteiger partial charge in [-0.2, -0.15) is 12.6 Å². The zero-order valence-corrected chi connectivity index (χ0v) is 12.0. The Morgan fingerprint density at radius 1 is 1.22 bits per heavy atom. The normalized spacial score (nSPS) is 35.5. The summed E-state index contributed by atoms with van der Waals surface area (Å²) >= 11 is 4.08. The highest BCUT2D eigenvalue weighted by molar-refractivity contribution is 7.84. The van der Waals surface area contributed by atoms with Crippen LogP contribution in [0.25, 0.3) is 0 Å². The van der Waals surface area contributed by atoms with Crippen molar-refractivity contribution in [2.45, 2.75) is 35.5 Å². The lowest BCUT2D eigenvalue weighted by Gasteiger charge is -2.34. The highest BCUT2D eigenvalue weighted by atomic mass is 32.1. The number of fused-ring (bicyclic) bond motifs is 1. The van der Waals surface area contributed by atoms with E-state index in [0.717, 1.165) is 0 Å². The third-order valence-electron chi connectivity index (χ3n) is 3.80. The van der Waals surface area contributed by atoms with Crippen LogP contribution in [-0.2, 0) is 9.13 Å². The first-order valence-corrected chi connectivity index (χ1v) is 9.16. The molecule has 18 heavy (non-hydrogen) atoms. The Hall–Kier alpha value is 0.320. The summed E-state index contributed by atoms with van der Waals surface area (Å²) in [5.41, 5.74) is 0. The molecular formula is C8H15NO6P2S. The van der Waals surface area contributed by atoms with Crippen molar-refractivity contribution in [2.24, 2.45) is 10.9 Å². The van der Waals surface area contributed by atoms with Gasteiger partial charge in [0.1, 0.15) is 0 Å². The molecule has 0 bridgehead atoms. The van der Waals surface area contributed by atoms with Gasteiger partial charge < -0.3 is 19.6 Å². The second-order valence-corrected chi connectivity index (χ2v) is 9.46. The van der Waals surface area contributed by atoms with Gasteiger partial charge in [0, 0.05) is 0 Å². The molecule has 10 heteroatoms. The Balaban J connectivity index is 2.55. The van der Waals surface area contributed by atoms with Crippen LogP contribution in [0.5, 0.6) is 0 Å². The minimum atomic E-state index is -5.01. The minimum Gasteiger partial charge on any atom is -0.324 e. The summed E-state index contributed by atoms with van der Waals surface area (Å²) < 4.78 is 23.3. The van der Waals surface area contributed by atoms with Crippen LogP contribution < -0.4 is 0 Å². The van der Waals surface area contributed by atoms with Gasteiger partial charge in [-0.05, 0) is 31.4 Å². The molecule has 0 saturated heterocycles. The van der Waals surface area contributed by atoms with Gasteiger partial charge in [-0.25, -0.2) is 0 Å². The van der Waals surface area contributed by atoms with Gasteiger partial charge in [0.25, 0.3) is 0 Å². The number of thiol groups is 1. The molecule has 0 aromatic carbocycles. The van der Waals surface area contributed by atoms with Gasteiger partial charge in [-0.3, -0.25) is 14.1 Å². The van der Waals surface area contributed by atoms with Crippen molar-refractivity contribution in [3.63, 3.8) is 0 Å². The summed E-state index contributed by atoms with van der Waals surface area (Å²) in [6.45, 7) is 0. The molecule has 4 N–H and O–H groups in total. The summed E-state index contributed by atoms with van der Waals surface area (Å²) in [5, 5.41) is -1.14. The van der Waals surface area contributed by atoms with E-state index in [1.165, 1.54) is 0 Å². The zero-order valence-electron chi connectivity index (χ0n) is 9.32. The summed E-state index contributed by atoms with van der Waals surface area (Å²) in [7, 11) is -10.0. The molecule has 104 valence electrons. The van der Waals surface area contributed by atoms with Crippen LogP contribution in [0.4, 0.5) is 0 Å². The van der Waals surface area contributed by atoms with Crippen molar-refractivity contribution >= 4 is 34.0 Å². The molecule has 1 aliphatic heterocycles. The van der Waals surface area contributed by atoms with Crippen LogP contribution in [-0.4, -0.2) is 42.0 Å². The van der Waals surface area contributed by atoms with Crippen molar-refractivity contribution in [3.8, 4) is 0 Å². The summed E-state index contributed by atoms with van der Waals surface area (Å²) in [5.74, 6) is -0.238. The Labute approximate surface area is 109 Å². The topological polar surface area (TPSA) is 127 Å². The molecule has 7 nitrogen and oxygen atoms in total. The largest absolute Gasteiger partial charge is 0.344 e. The molecule has 1 aliphatic carbocycles. The second-order valence-electron chi connectivity index (χ2n) is 4.78. The summed E-state index contributed by atoms with van der Waals surface area (Å²) in [4.78, 5) is 39.5. The quantitative estimate of drug-likeness (QED) is 0.375. The van der Waals surface area contributed by atoms with Crippen molar-refractivity contribution in [1.82, 2.24) is 0 Å². The molecule has 1 saturated carbocycles. The van der Waals surface area contributed by atoms with Gasteiger partial charge >= 0.3 is 15.2 Å². The fourth-order valence-corrected chi connectivity index (χ4v) is 7.50. The molecule has 1 heterocycles. The smallest absolute Gasteiger partial charge is 0.324 e. The average molecular weight is 315 g/mol. The molecule has 0 amide bonds. The summed E-state index contributed by atoms with van der Waals surface area (Å²) in [6.07, 6.45) is 2.66. The Morgan fingerprint density at radius 2 is 1.78 bits per heavy atom. The second kappa shape index (κ2) is 4.42. The molecule has 1 fully saturated rings. The SMILES string of the molecule is O=P(O)(O)C1(P(=O)(O)O)CC2CCC=NC2C1S. The molecular weight excluding hydrogens is 300 g/mol. The first-order valence-electron chi connectivity index (χ1n) is 5.42. The van der Waals surface area contributed by atoms with E-state index in [9.17, 15) is 28.7 Å². The van der Waals surface area contributed by atoms with Crippen molar-refractivity contribution < 1.29 is 28.7 Å². The molecule has 0 aromatic heterocycles. The highest BCUT2D eigenvalue weighted by Crippen LogP contribution is 2.77. The number of nitrogens with zero attached hydrogens (tertiary/aromatic N) is 1. The molecule has 0 radical (unpaired) electrons. The van der Waals surface area contributed by atoms with Gasteiger partial charge in [-0.1, -0.05) is 0 Å². The van der Waals surface area contributed by atoms with Crippen LogP contribution in [0.2, 0.25) is 0 Å². The average Bonchev–Trinajstić information content (AvgIpc) is 2.52. The monoisotopic (exact) mass is 315 g/mol. The van der Waals surface area contributed by atoms with E-state index in [1.54, 1.807) is 6.21 Å². The van der Waals surface area contributed by atoms with E-state index in [-0.39, 0.29) is 12.3 Å². The van der Waals surface area contributed by atoms with E-state index in [2.05, 4.69) is 17.6 Å². The van der Waals surface area contributed by atoms with Gasteiger partial charge in [0.15, 0.2) is 4.90 Å². The van der Waals surface area contributed by atoms with Crippen molar-refractivity contribution in [1.29, 1.82) is 0 Å². The van der Waals surface area contributed by atoms with Gasteiger partial charge in [-0.15, -0.1) is 0 Å². The molecule has 3 unspecified atom stereocenters. The Kier molecular flexibility index (Phi) is 3.61. The van der Waals surface area contributed by atoms with Crippen LogP contribution in [0, 0.1) is 5.92 Å². The zero-order chi connectivity index (χ0) is 13.8. The summed E-state index contributed by atoms with van der Waals surface area (Å²) in [6, 6.07) is -0.540. The molecule has 2 aliphatic rings. The van der Waals surface area contributed by atoms with Gasteiger partial charge in [0.2, 0.25) is 0 Å². The lowest BCUT2D eigenvalue weighted by molar-refractivity contribution is 0.306. The van der Waals surface area contributed by atoms with Crippen LogP contribution in [0.1, 0.15) is 19.3 Å². The van der Waals surface area contributed by atoms with Gasteiger partial charge in [0.05, 0.1) is 11.3 Å². The van der Waals surface area contributed by atoms with Crippen molar-refractivity contribution in [3.05, 3.63) is 0 Å². The number of hydrogen-bond acceptors (Lipinski definition) is 4. The molecule has 0 spiro atoms. The van der Waals surface area contributed by atoms with Crippen LogP contribution >= 0.6 is 27.8 Å². The lowest BCUT2D eigenvalue weighted by atomic mass is 9.96. The predicted octanol–water partition coefficient (Wildman–Crippen LogP) is 0.590.